The van der Waals surface area contributed by atoms with E-state index in [-0.39, 0.29) is 5.78 Å². The molecule has 0 aromatic heterocycles. The molecule has 0 radical (unpaired) electrons. The van der Waals surface area contributed by atoms with Crippen LogP contribution in [0.2, 0.25) is 0 Å². The number of Topliss-reactive ketones (excluding diaryl/α,β-unsaturated/α-hetero) is 1. The number of aryl methyl sites for hydroxylation is 1. The summed E-state index contributed by atoms with van der Waals surface area (Å²) in [6.07, 6.45) is 11.5. The third-order valence-electron chi connectivity index (χ3n) is 7.04. The first kappa shape index (κ1) is 24.2. The van der Waals surface area contributed by atoms with Crippen LogP contribution in [0.4, 0.5) is 5.69 Å². The second-order valence-corrected chi connectivity index (χ2v) is 9.73. The molecule has 2 aliphatic carbocycles. The fraction of sp³-hybridized carbons (Fsp3) is 0.400. The summed E-state index contributed by atoms with van der Waals surface area (Å²) in [5, 5.41) is 0. The van der Waals surface area contributed by atoms with E-state index in [9.17, 15) is 4.79 Å². The van der Waals surface area contributed by atoms with Gasteiger partial charge in [-0.25, -0.2) is 4.99 Å². The maximum Gasteiger partial charge on any atom is 0.165 e. The molecule has 0 N–H and O–H groups in total. The van der Waals surface area contributed by atoms with Crippen LogP contribution in [0.25, 0.3) is 6.08 Å². The van der Waals surface area contributed by atoms with Crippen molar-refractivity contribution in [3.63, 3.8) is 0 Å². The molecular formula is C30H37N3O. The van der Waals surface area contributed by atoms with Gasteiger partial charge in [-0.3, -0.25) is 4.79 Å². The van der Waals surface area contributed by atoms with Crippen LogP contribution in [-0.4, -0.2) is 49.6 Å². The summed E-state index contributed by atoms with van der Waals surface area (Å²) < 4.78 is 0. The zero-order chi connectivity index (χ0) is 24.2. The van der Waals surface area contributed by atoms with Crippen LogP contribution in [0, 0.1) is 0 Å². The monoisotopic (exact) mass is 455 g/mol. The SMILES string of the molecule is C=C1CC=C(C)C=C(C)C1=N/C(=C\C)C1=Cc2ccc(N3CCCN(C)CC3)cc2CCC1=O. The molecule has 1 aromatic carbocycles. The van der Waals surface area contributed by atoms with Crippen molar-refractivity contribution in [2.45, 2.75) is 46.5 Å². The lowest BCUT2D eigenvalue weighted by molar-refractivity contribution is -0.115. The molecule has 1 aromatic rings. The lowest BCUT2D eigenvalue weighted by Crippen LogP contribution is -2.28. The van der Waals surface area contributed by atoms with Gasteiger partial charge in [0.2, 0.25) is 0 Å². The first-order valence-electron chi connectivity index (χ1n) is 12.5. The lowest BCUT2D eigenvalue weighted by Gasteiger charge is -2.24. The largest absolute Gasteiger partial charge is 0.370 e. The van der Waals surface area contributed by atoms with Gasteiger partial charge >= 0.3 is 0 Å². The number of hydrogen-bond acceptors (Lipinski definition) is 4. The van der Waals surface area contributed by atoms with Gasteiger partial charge in [-0.15, -0.1) is 0 Å². The zero-order valence-corrected chi connectivity index (χ0v) is 21.2. The molecule has 34 heavy (non-hydrogen) atoms. The predicted molar refractivity (Wildman–Crippen MR) is 145 cm³/mol. The van der Waals surface area contributed by atoms with E-state index >= 15 is 0 Å². The Hall–Kier alpha value is -2.98. The number of ketones is 1. The van der Waals surface area contributed by atoms with Crippen LogP contribution in [0.15, 0.2) is 76.0 Å². The van der Waals surface area contributed by atoms with E-state index in [0.29, 0.717) is 12.0 Å². The normalized spacial score (nSPS) is 21.9. The summed E-state index contributed by atoms with van der Waals surface area (Å²) in [5.41, 5.74) is 9.26. The Morgan fingerprint density at radius 3 is 2.71 bits per heavy atom. The average molecular weight is 456 g/mol. The number of allylic oxidation sites excluding steroid dienone is 7. The predicted octanol–water partition coefficient (Wildman–Crippen LogP) is 5.92. The Morgan fingerprint density at radius 1 is 1.09 bits per heavy atom. The molecule has 1 aliphatic heterocycles. The number of anilines is 1. The van der Waals surface area contributed by atoms with Gasteiger partial charge in [-0.1, -0.05) is 36.4 Å². The van der Waals surface area contributed by atoms with Crippen molar-refractivity contribution in [3.05, 3.63) is 82.1 Å². The van der Waals surface area contributed by atoms with E-state index in [0.717, 1.165) is 67.1 Å². The van der Waals surface area contributed by atoms with Gasteiger partial charge in [0.15, 0.2) is 5.78 Å². The summed E-state index contributed by atoms with van der Waals surface area (Å²) >= 11 is 0. The van der Waals surface area contributed by atoms with Crippen molar-refractivity contribution in [2.75, 3.05) is 38.1 Å². The minimum absolute atomic E-state index is 0.154. The summed E-state index contributed by atoms with van der Waals surface area (Å²) in [6, 6.07) is 6.69. The molecule has 4 nitrogen and oxygen atoms in total. The molecule has 0 saturated carbocycles. The molecular weight excluding hydrogens is 418 g/mol. The minimum Gasteiger partial charge on any atom is -0.370 e. The maximum atomic E-state index is 13.2. The molecule has 0 unspecified atom stereocenters. The third-order valence-corrected chi connectivity index (χ3v) is 7.04. The Bertz CT molecular complexity index is 1150. The fourth-order valence-electron chi connectivity index (χ4n) is 4.98. The molecule has 3 aliphatic rings. The topological polar surface area (TPSA) is 35.9 Å². The molecule has 1 fully saturated rings. The van der Waals surface area contributed by atoms with Crippen molar-refractivity contribution in [1.82, 2.24) is 4.90 Å². The van der Waals surface area contributed by atoms with E-state index in [4.69, 9.17) is 4.99 Å². The van der Waals surface area contributed by atoms with Gasteiger partial charge in [0.25, 0.3) is 0 Å². The number of benzene rings is 1. The van der Waals surface area contributed by atoms with E-state index in [1.165, 1.54) is 23.2 Å². The van der Waals surface area contributed by atoms with E-state index in [1.807, 2.05) is 19.1 Å². The molecule has 0 atom stereocenters. The number of carbonyl (C=O) groups excluding carboxylic acids is 1. The molecule has 4 rings (SSSR count). The van der Waals surface area contributed by atoms with Crippen LogP contribution < -0.4 is 4.90 Å². The number of nitrogens with zero attached hydrogens (tertiary/aromatic N) is 3. The second-order valence-electron chi connectivity index (χ2n) is 9.73. The number of fused-ring (bicyclic) bond motifs is 1. The number of rotatable bonds is 3. The van der Waals surface area contributed by atoms with Crippen LogP contribution in [0.1, 0.15) is 51.2 Å². The summed E-state index contributed by atoms with van der Waals surface area (Å²) in [6.45, 7) is 14.7. The first-order valence-corrected chi connectivity index (χ1v) is 12.5. The lowest BCUT2D eigenvalue weighted by atomic mass is 10.0. The van der Waals surface area contributed by atoms with Crippen molar-refractivity contribution in [1.29, 1.82) is 0 Å². The number of likely N-dealkylation sites (N-methyl/N-ethyl adjacent to an activating group) is 1. The number of aliphatic imine (C=N–C) groups is 1. The maximum absolute atomic E-state index is 13.2. The second kappa shape index (κ2) is 10.5. The van der Waals surface area contributed by atoms with E-state index in [1.54, 1.807) is 0 Å². The van der Waals surface area contributed by atoms with Gasteiger partial charge in [-0.2, -0.15) is 0 Å². The quantitative estimate of drug-likeness (QED) is 0.567. The summed E-state index contributed by atoms with van der Waals surface area (Å²) in [5.74, 6) is 0.154. The minimum atomic E-state index is 0.154. The van der Waals surface area contributed by atoms with Crippen molar-refractivity contribution in [2.24, 2.45) is 4.99 Å². The highest BCUT2D eigenvalue weighted by atomic mass is 16.1. The Kier molecular flexibility index (Phi) is 7.47. The Balaban J connectivity index is 1.66. The fourth-order valence-corrected chi connectivity index (χ4v) is 4.98. The molecule has 4 heteroatoms. The third kappa shape index (κ3) is 5.39. The average Bonchev–Trinajstić information content (AvgIpc) is 3.18. The van der Waals surface area contributed by atoms with Crippen molar-refractivity contribution in [3.8, 4) is 0 Å². The number of hydrogen-bond donors (Lipinski definition) is 0. The highest BCUT2D eigenvalue weighted by molar-refractivity contribution is 6.14. The van der Waals surface area contributed by atoms with Gasteiger partial charge in [-0.05, 0) is 94.1 Å². The van der Waals surface area contributed by atoms with E-state index in [2.05, 4.69) is 67.6 Å². The van der Waals surface area contributed by atoms with Crippen LogP contribution in [0.5, 0.6) is 0 Å². The molecule has 0 bridgehead atoms. The molecule has 1 saturated heterocycles. The standard InChI is InChI=1S/C30H37N3O/c1-6-28(31-30-22(3)9-8-21(2)18-23(30)4)27-20-25-10-12-26(19-24(25)11-13-29(27)34)33-15-7-14-32(5)16-17-33/h6,8,10,12,18-20H,3,7,9,11,13-17H2,1-2,4-5H3/b28-6-,31-30?. The highest BCUT2D eigenvalue weighted by Gasteiger charge is 2.22. The van der Waals surface area contributed by atoms with Crippen LogP contribution in [0.3, 0.4) is 0 Å². The number of carbonyl (C=O) groups is 1. The smallest absolute Gasteiger partial charge is 0.165 e. The van der Waals surface area contributed by atoms with Gasteiger partial charge in [0, 0.05) is 37.3 Å². The first-order chi connectivity index (χ1) is 16.4. The van der Waals surface area contributed by atoms with Gasteiger partial charge < -0.3 is 9.80 Å². The highest BCUT2D eigenvalue weighted by Crippen LogP contribution is 2.30. The molecule has 0 amide bonds. The molecule has 0 spiro atoms. The summed E-state index contributed by atoms with van der Waals surface area (Å²) in [7, 11) is 2.19. The van der Waals surface area contributed by atoms with Gasteiger partial charge in [0.1, 0.15) is 0 Å². The molecule has 178 valence electrons. The Labute approximate surface area is 204 Å². The van der Waals surface area contributed by atoms with E-state index < -0.39 is 0 Å². The molecule has 1 heterocycles. The summed E-state index contributed by atoms with van der Waals surface area (Å²) in [4.78, 5) is 23.1. The Morgan fingerprint density at radius 2 is 1.91 bits per heavy atom. The van der Waals surface area contributed by atoms with Crippen molar-refractivity contribution < 1.29 is 4.79 Å². The van der Waals surface area contributed by atoms with Crippen LogP contribution >= 0.6 is 0 Å². The van der Waals surface area contributed by atoms with Gasteiger partial charge in [0.05, 0.1) is 11.4 Å². The van der Waals surface area contributed by atoms with Crippen LogP contribution in [-0.2, 0) is 11.2 Å². The zero-order valence-electron chi connectivity index (χ0n) is 21.2. The van der Waals surface area contributed by atoms with Crippen molar-refractivity contribution >= 4 is 23.3 Å².